The summed E-state index contributed by atoms with van der Waals surface area (Å²) in [4.78, 5) is 199. The van der Waals surface area contributed by atoms with E-state index in [0.29, 0.717) is 6.42 Å². The molecule has 85 heavy (non-hydrogen) atoms. The molecule has 12 amide bonds. The summed E-state index contributed by atoms with van der Waals surface area (Å²) in [5.41, 5.74) is 33.0. The van der Waals surface area contributed by atoms with Crippen LogP contribution in [-0.2, 0) is 71.9 Å². The van der Waals surface area contributed by atoms with Crippen LogP contribution in [0.3, 0.4) is 0 Å². The summed E-state index contributed by atoms with van der Waals surface area (Å²) in [6.07, 6.45) is -3.67. The van der Waals surface area contributed by atoms with Gasteiger partial charge in [0.1, 0.15) is 54.4 Å². The van der Waals surface area contributed by atoms with Crippen LogP contribution < -0.4 is 82.3 Å². The maximum atomic E-state index is 14.3. The van der Waals surface area contributed by atoms with Crippen LogP contribution in [0, 0.1) is 5.92 Å². The van der Waals surface area contributed by atoms with Crippen LogP contribution in [-0.4, -0.2) is 213 Å². The SMILES string of the molecule is CC(C)C[C@H](N)C(=O)N[C@@H](CCC(N)=O)C(=O)N[C@@H](CCCCN)C(=O)N[C@@H](CC(=O)O)C(=O)N[C@@H](CCC(=O)O)C(=O)N1CCC[C@H]1C(=O)N[C@@H](CC(N)=O)C(=O)NCC(=O)N[C@@H](CCCN=C(N)N)C(=O)N[C@@H](C)C(=O)N[C@@H](CO)C(=O)O. The number of amides is 12. The third-order valence-corrected chi connectivity index (χ3v) is 12.7. The molecule has 36 nitrogen and oxygen atoms in total. The highest BCUT2D eigenvalue weighted by atomic mass is 16.4. The van der Waals surface area contributed by atoms with E-state index in [9.17, 15) is 87.2 Å². The highest BCUT2D eigenvalue weighted by Crippen LogP contribution is 2.21. The number of primary amides is 2. The van der Waals surface area contributed by atoms with Crippen molar-refractivity contribution in [1.82, 2.24) is 52.8 Å². The van der Waals surface area contributed by atoms with Gasteiger partial charge in [-0.05, 0) is 83.6 Å². The van der Waals surface area contributed by atoms with E-state index in [2.05, 4.69) is 47.5 Å². The predicted molar refractivity (Wildman–Crippen MR) is 295 cm³/mol. The van der Waals surface area contributed by atoms with Crippen molar-refractivity contribution < 1.29 is 92.3 Å². The number of guanidine groups is 1. The van der Waals surface area contributed by atoms with Gasteiger partial charge in [-0.25, -0.2) is 4.79 Å². The summed E-state index contributed by atoms with van der Waals surface area (Å²) in [5.74, 6) is -17.5. The van der Waals surface area contributed by atoms with Crippen molar-refractivity contribution in [2.24, 2.45) is 45.3 Å². The van der Waals surface area contributed by atoms with Crippen molar-refractivity contribution in [3.05, 3.63) is 0 Å². The Morgan fingerprint density at radius 3 is 1.65 bits per heavy atom. The van der Waals surface area contributed by atoms with Crippen LogP contribution in [0.4, 0.5) is 0 Å². The van der Waals surface area contributed by atoms with Crippen LogP contribution in [0.15, 0.2) is 4.99 Å². The normalized spacial score (nSPS) is 15.9. The molecule has 1 rings (SSSR count). The second-order valence-electron chi connectivity index (χ2n) is 20.3. The van der Waals surface area contributed by atoms with Gasteiger partial charge in [-0.15, -0.1) is 0 Å². The fraction of sp³-hybridized carbons (Fsp3) is 0.673. The van der Waals surface area contributed by atoms with Gasteiger partial charge in [-0.3, -0.25) is 72.1 Å². The maximum absolute atomic E-state index is 14.3. The molecule has 0 spiro atoms. The minimum absolute atomic E-state index is 0.0236. The van der Waals surface area contributed by atoms with Crippen molar-refractivity contribution in [3.63, 3.8) is 0 Å². The molecule has 36 heteroatoms. The number of likely N-dealkylation sites (tertiary alicyclic amines) is 1. The Bertz CT molecular complexity index is 2430. The molecule has 1 aliphatic rings. The first kappa shape index (κ1) is 74.2. The smallest absolute Gasteiger partial charge is 0.328 e. The number of rotatable bonds is 41. The first-order valence-corrected chi connectivity index (χ1v) is 27.2. The Balaban J connectivity index is 3.41. The molecule has 0 aromatic heterocycles. The third-order valence-electron chi connectivity index (χ3n) is 12.7. The van der Waals surface area contributed by atoms with Crippen LogP contribution in [0.5, 0.6) is 0 Å². The summed E-state index contributed by atoms with van der Waals surface area (Å²) in [7, 11) is 0. The molecule has 25 N–H and O–H groups in total. The summed E-state index contributed by atoms with van der Waals surface area (Å²) < 4.78 is 0. The minimum Gasteiger partial charge on any atom is -0.481 e. The number of aliphatic imine (C=N–C) groups is 1. The largest absolute Gasteiger partial charge is 0.481 e. The molecule has 1 saturated heterocycles. The summed E-state index contributed by atoms with van der Waals surface area (Å²) in [6, 6.07) is -15.7. The van der Waals surface area contributed by atoms with Gasteiger partial charge in [0.05, 0.1) is 32.0 Å². The van der Waals surface area contributed by atoms with Gasteiger partial charge < -0.3 is 108 Å². The molecular weight excluding hydrogens is 1130 g/mol. The lowest BCUT2D eigenvalue weighted by Crippen LogP contribution is -2.60. The van der Waals surface area contributed by atoms with Gasteiger partial charge >= 0.3 is 17.9 Å². The Labute approximate surface area is 487 Å². The number of carboxylic acid groups (broad SMARTS) is 3. The molecule has 0 radical (unpaired) electrons. The zero-order valence-corrected chi connectivity index (χ0v) is 47.6. The molecule has 478 valence electrons. The molecule has 0 aromatic carbocycles. The number of nitrogens with zero attached hydrogens (tertiary/aromatic N) is 2. The molecule has 1 heterocycles. The van der Waals surface area contributed by atoms with E-state index in [4.69, 9.17) is 39.5 Å². The van der Waals surface area contributed by atoms with Gasteiger partial charge in [0.2, 0.25) is 70.9 Å². The Hall–Kier alpha value is -8.80. The number of hydrogen-bond acceptors (Lipinski definition) is 19. The molecule has 0 bridgehead atoms. The summed E-state index contributed by atoms with van der Waals surface area (Å²) >= 11 is 0. The molecule has 0 unspecified atom stereocenters. The number of aliphatic hydroxyl groups is 1. The van der Waals surface area contributed by atoms with Gasteiger partial charge in [-0.2, -0.15) is 0 Å². The average molecular weight is 1210 g/mol. The number of unbranched alkanes of at least 4 members (excludes halogenated alkanes) is 1. The molecule has 0 saturated carbocycles. The minimum atomic E-state index is -2.01. The van der Waals surface area contributed by atoms with E-state index in [1.807, 2.05) is 5.32 Å². The lowest BCUT2D eigenvalue weighted by atomic mass is 10.0. The zero-order chi connectivity index (χ0) is 64.7. The Morgan fingerprint density at radius 2 is 1.09 bits per heavy atom. The van der Waals surface area contributed by atoms with Gasteiger partial charge in [-0.1, -0.05) is 13.8 Å². The van der Waals surface area contributed by atoms with Gasteiger partial charge in [0.25, 0.3) is 0 Å². The van der Waals surface area contributed by atoms with Gasteiger partial charge in [0, 0.05) is 25.9 Å². The second kappa shape index (κ2) is 38.1. The molecular formula is C49H83N17O19. The van der Waals surface area contributed by atoms with E-state index in [1.165, 1.54) is 6.92 Å². The highest BCUT2D eigenvalue weighted by Gasteiger charge is 2.41. The maximum Gasteiger partial charge on any atom is 0.328 e. The number of aliphatic hydroxyl groups excluding tert-OH is 1. The number of carboxylic acids is 3. The summed E-state index contributed by atoms with van der Waals surface area (Å²) in [5, 5.41) is 58.3. The van der Waals surface area contributed by atoms with E-state index in [0.717, 1.165) is 4.90 Å². The average Bonchev–Trinajstić information content (AvgIpc) is 3.37. The topological polar surface area (TPSA) is 617 Å². The van der Waals surface area contributed by atoms with Crippen molar-refractivity contribution >= 4 is 94.8 Å². The molecule has 1 aliphatic heterocycles. The second-order valence-corrected chi connectivity index (χ2v) is 20.3. The predicted octanol–water partition coefficient (Wildman–Crippen LogP) is -8.89. The first-order chi connectivity index (χ1) is 39.8. The number of carbonyl (C=O) groups excluding carboxylic acids is 12. The number of hydrogen-bond donors (Lipinski definition) is 19. The fourth-order valence-corrected chi connectivity index (χ4v) is 8.29. The number of nitrogens with one attached hydrogen (secondary N) is 9. The number of aliphatic carboxylic acids is 3. The van der Waals surface area contributed by atoms with E-state index in [-0.39, 0.29) is 89.3 Å². The van der Waals surface area contributed by atoms with Crippen LogP contribution in [0.2, 0.25) is 0 Å². The summed E-state index contributed by atoms with van der Waals surface area (Å²) in [6.45, 7) is 2.81. The molecule has 0 aromatic rings. The lowest BCUT2D eigenvalue weighted by Gasteiger charge is -2.30. The third kappa shape index (κ3) is 28.8. The van der Waals surface area contributed by atoms with E-state index in [1.54, 1.807) is 13.8 Å². The lowest BCUT2D eigenvalue weighted by molar-refractivity contribution is -0.144. The Morgan fingerprint density at radius 1 is 0.565 bits per heavy atom. The number of carbonyl (C=O) groups is 15. The van der Waals surface area contributed by atoms with Crippen LogP contribution in [0.1, 0.15) is 111 Å². The van der Waals surface area contributed by atoms with E-state index >= 15 is 0 Å². The van der Waals surface area contributed by atoms with Crippen molar-refractivity contribution in [2.75, 3.05) is 32.8 Å². The van der Waals surface area contributed by atoms with Gasteiger partial charge in [0.15, 0.2) is 5.96 Å². The first-order valence-electron chi connectivity index (χ1n) is 27.2. The molecule has 10 atom stereocenters. The van der Waals surface area contributed by atoms with Crippen LogP contribution >= 0.6 is 0 Å². The van der Waals surface area contributed by atoms with E-state index < -0.39 is 188 Å². The number of nitrogens with two attached hydrogens (primary N) is 6. The highest BCUT2D eigenvalue weighted by molar-refractivity contribution is 6.00. The standard InChI is InChI=1S/C49H83N17O19/c1-23(2)18-25(51)40(76)60-28(11-13-34(52)68)44(80)61-27(8-4-5-15-50)43(79)63-31(20-38(73)74)45(81)62-29(12-14-37(71)72)47(83)66-17-7-10-33(66)46(82)64-30(19-35(53)69)41(77)57-21-36(70)59-26(9-6-16-56-49(54)55)42(78)58-24(3)39(75)65-32(22-67)48(84)85/h23-33,67H,4-22,50-51H2,1-3H3,(H2,52,68)(H2,53,69)(H,57,77)(H,58,78)(H,59,70)(H,60,76)(H,61,80)(H,62,81)(H,63,79)(H,64,82)(H,65,75)(H,71,72)(H,73,74)(H,84,85)(H4,54,55,56)/t24-,25-,26-,27-,28-,29-,30-,31-,32-,33-/m0/s1. The van der Waals surface area contributed by atoms with Crippen molar-refractivity contribution in [2.45, 2.75) is 171 Å². The quantitative estimate of drug-likeness (QED) is 0.0154. The molecule has 1 fully saturated rings. The zero-order valence-electron chi connectivity index (χ0n) is 47.6. The fourth-order valence-electron chi connectivity index (χ4n) is 8.29. The molecule has 0 aliphatic carbocycles. The monoisotopic (exact) mass is 1210 g/mol. The van der Waals surface area contributed by atoms with Crippen molar-refractivity contribution in [1.29, 1.82) is 0 Å². The van der Waals surface area contributed by atoms with Crippen LogP contribution in [0.25, 0.3) is 0 Å². The van der Waals surface area contributed by atoms with Crippen molar-refractivity contribution in [3.8, 4) is 0 Å². The Kier molecular flexibility index (Phi) is 33.3.